The van der Waals surface area contributed by atoms with Gasteiger partial charge in [0.15, 0.2) is 0 Å². The number of benzene rings is 1. The zero-order valence-electron chi connectivity index (χ0n) is 11.3. The summed E-state index contributed by atoms with van der Waals surface area (Å²) in [5.41, 5.74) is 1.27. The molecule has 1 aromatic rings. The molecule has 0 saturated heterocycles. The zero-order chi connectivity index (χ0) is 14.0. The number of alkyl halides is 1. The van der Waals surface area contributed by atoms with Crippen LogP contribution in [0.2, 0.25) is 0 Å². The molecule has 3 nitrogen and oxygen atoms in total. The molecular weight excluding hydrogens is 244 g/mol. The third-order valence-electron chi connectivity index (χ3n) is 3.87. The maximum absolute atomic E-state index is 13.0. The Morgan fingerprint density at radius 1 is 1.63 bits per heavy atom. The molecular formula is C14H18BFNO2. The van der Waals surface area contributed by atoms with Gasteiger partial charge < -0.3 is 14.7 Å². The van der Waals surface area contributed by atoms with E-state index in [2.05, 4.69) is 0 Å². The first-order valence-corrected chi connectivity index (χ1v) is 6.46. The van der Waals surface area contributed by atoms with Crippen LogP contribution in [0.1, 0.15) is 36.6 Å². The van der Waals surface area contributed by atoms with E-state index in [1.54, 1.807) is 6.07 Å². The van der Waals surface area contributed by atoms with Gasteiger partial charge in [-0.3, -0.25) is 0 Å². The highest BCUT2D eigenvalue weighted by Gasteiger charge is 2.31. The summed E-state index contributed by atoms with van der Waals surface area (Å²) in [6.45, 7) is 3.40. The van der Waals surface area contributed by atoms with E-state index in [0.29, 0.717) is 18.5 Å². The van der Waals surface area contributed by atoms with E-state index in [0.717, 1.165) is 17.3 Å². The minimum atomic E-state index is -1.44. The number of halogens is 1. The molecule has 0 bridgehead atoms. The average Bonchev–Trinajstić information content (AvgIpc) is 2.41. The number of aliphatic hydroxyl groups is 1. The summed E-state index contributed by atoms with van der Waals surface area (Å²) in [6.07, 6.45) is 1.49. The second-order valence-corrected chi connectivity index (χ2v) is 5.23. The summed E-state index contributed by atoms with van der Waals surface area (Å²) < 4.78 is 13.0. The highest BCUT2D eigenvalue weighted by molar-refractivity contribution is 6.64. The Morgan fingerprint density at radius 3 is 3.00 bits per heavy atom. The summed E-state index contributed by atoms with van der Waals surface area (Å²) in [7, 11) is 1.54. The van der Waals surface area contributed by atoms with Crippen molar-refractivity contribution >= 4 is 13.6 Å². The summed E-state index contributed by atoms with van der Waals surface area (Å²) in [6, 6.07) is 5.65. The van der Waals surface area contributed by atoms with Crippen LogP contribution in [0.4, 0.5) is 4.39 Å². The Bertz CT molecular complexity index is 479. The van der Waals surface area contributed by atoms with Gasteiger partial charge in [-0.2, -0.15) is 0 Å². The number of fused-ring (bicyclic) bond motifs is 1. The van der Waals surface area contributed by atoms with Crippen molar-refractivity contribution in [1.82, 2.24) is 4.81 Å². The van der Waals surface area contributed by atoms with E-state index < -0.39 is 12.3 Å². The van der Waals surface area contributed by atoms with Crippen LogP contribution in [0.3, 0.4) is 0 Å². The maximum Gasteiger partial charge on any atom is 0.293 e. The number of hydrogen-bond acceptors (Lipinski definition) is 3. The number of carbonyl (C=O) groups is 1. The minimum Gasteiger partial charge on any atom is -0.383 e. The first kappa shape index (κ1) is 14.2. The van der Waals surface area contributed by atoms with Gasteiger partial charge in [0.2, 0.25) is 0 Å². The predicted octanol–water partition coefficient (Wildman–Crippen LogP) is 1.59. The van der Waals surface area contributed by atoms with Gasteiger partial charge in [-0.05, 0) is 43.5 Å². The standard InChI is InChI=1S/C14H18BFNO2/c1-10-11-4-3-5-13(14(2,19)8-16)12(11)6-7-17(10)15-9-18/h3-5,9-10,19H,6-8H2,1-2H3/t10-,14?/m0/s1. The Labute approximate surface area is 113 Å². The summed E-state index contributed by atoms with van der Waals surface area (Å²) in [5, 5.41) is 10.2. The molecule has 2 rings (SSSR count). The van der Waals surface area contributed by atoms with Crippen molar-refractivity contribution in [2.24, 2.45) is 0 Å². The molecule has 0 saturated carbocycles. The lowest BCUT2D eigenvalue weighted by atomic mass is 9.79. The third-order valence-corrected chi connectivity index (χ3v) is 3.87. The van der Waals surface area contributed by atoms with Crippen LogP contribution < -0.4 is 0 Å². The molecule has 0 fully saturated rings. The fourth-order valence-electron chi connectivity index (χ4n) is 2.75. The van der Waals surface area contributed by atoms with Crippen LogP contribution in [-0.4, -0.2) is 36.7 Å². The van der Waals surface area contributed by atoms with Gasteiger partial charge in [0.1, 0.15) is 12.3 Å². The molecule has 0 aromatic heterocycles. The molecule has 0 aliphatic carbocycles. The number of hydrogen-bond donors (Lipinski definition) is 1. The van der Waals surface area contributed by atoms with Crippen LogP contribution in [0.25, 0.3) is 0 Å². The first-order chi connectivity index (χ1) is 9.01. The van der Waals surface area contributed by atoms with Gasteiger partial charge in [-0.25, -0.2) is 4.39 Å². The highest BCUT2D eigenvalue weighted by Crippen LogP contribution is 2.35. The molecule has 1 N–H and O–H groups in total. The molecule has 2 atom stereocenters. The monoisotopic (exact) mass is 262 g/mol. The molecule has 101 valence electrons. The fraction of sp³-hybridized carbons (Fsp3) is 0.500. The summed E-state index contributed by atoms with van der Waals surface area (Å²) in [4.78, 5) is 12.6. The lowest BCUT2D eigenvalue weighted by Gasteiger charge is -2.36. The van der Waals surface area contributed by atoms with E-state index in [-0.39, 0.29) is 6.04 Å². The lowest BCUT2D eigenvalue weighted by molar-refractivity contribution is 0.0287. The van der Waals surface area contributed by atoms with Crippen molar-refractivity contribution in [3.05, 3.63) is 34.9 Å². The Balaban J connectivity index is 2.42. The molecule has 0 spiro atoms. The van der Waals surface area contributed by atoms with Crippen LogP contribution in [0.15, 0.2) is 18.2 Å². The van der Waals surface area contributed by atoms with Gasteiger partial charge in [-0.15, -0.1) is 0 Å². The molecule has 1 heterocycles. The van der Waals surface area contributed by atoms with Crippen molar-refractivity contribution in [3.8, 4) is 0 Å². The quantitative estimate of drug-likeness (QED) is 0.661. The van der Waals surface area contributed by atoms with E-state index in [4.69, 9.17) is 0 Å². The van der Waals surface area contributed by atoms with Gasteiger partial charge >= 0.3 is 0 Å². The molecule has 0 amide bonds. The number of nitrogens with zero attached hydrogens (tertiary/aromatic N) is 1. The van der Waals surface area contributed by atoms with E-state index in [1.165, 1.54) is 14.3 Å². The van der Waals surface area contributed by atoms with Crippen LogP contribution >= 0.6 is 0 Å². The number of carbonyl (C=O) groups excluding carboxylic acids is 1. The lowest BCUT2D eigenvalue weighted by Crippen LogP contribution is -2.39. The molecule has 1 aromatic carbocycles. The predicted molar refractivity (Wildman–Crippen MR) is 73.3 cm³/mol. The maximum atomic E-state index is 13.0. The Kier molecular flexibility index (Phi) is 4.06. The van der Waals surface area contributed by atoms with Crippen LogP contribution in [-0.2, 0) is 16.8 Å². The Morgan fingerprint density at radius 2 is 2.37 bits per heavy atom. The normalized spacial score (nSPS) is 22.4. The second-order valence-electron chi connectivity index (χ2n) is 5.23. The molecule has 1 unspecified atom stereocenters. The van der Waals surface area contributed by atoms with Crippen molar-refractivity contribution in [2.45, 2.75) is 31.9 Å². The molecule has 19 heavy (non-hydrogen) atoms. The Hall–Kier alpha value is -1.20. The van der Waals surface area contributed by atoms with Crippen LogP contribution in [0.5, 0.6) is 0 Å². The van der Waals surface area contributed by atoms with Crippen molar-refractivity contribution in [1.29, 1.82) is 0 Å². The molecule has 1 aliphatic rings. The second kappa shape index (κ2) is 5.43. The number of rotatable bonds is 4. The third kappa shape index (κ3) is 2.58. The van der Waals surface area contributed by atoms with E-state index in [1.807, 2.05) is 23.9 Å². The van der Waals surface area contributed by atoms with E-state index in [9.17, 15) is 14.3 Å². The average molecular weight is 262 g/mol. The molecule has 1 aliphatic heterocycles. The topological polar surface area (TPSA) is 40.5 Å². The van der Waals surface area contributed by atoms with Gasteiger partial charge in [-0.1, -0.05) is 18.2 Å². The van der Waals surface area contributed by atoms with Crippen molar-refractivity contribution < 1.29 is 14.3 Å². The largest absolute Gasteiger partial charge is 0.383 e. The molecule has 1 radical (unpaired) electrons. The van der Waals surface area contributed by atoms with Gasteiger partial charge in [0.05, 0.1) is 6.19 Å². The van der Waals surface area contributed by atoms with Crippen LogP contribution in [0, 0.1) is 0 Å². The fourth-order valence-corrected chi connectivity index (χ4v) is 2.75. The summed E-state index contributed by atoms with van der Waals surface area (Å²) >= 11 is 0. The van der Waals surface area contributed by atoms with Gasteiger partial charge in [0.25, 0.3) is 7.41 Å². The smallest absolute Gasteiger partial charge is 0.293 e. The molecule has 5 heteroatoms. The van der Waals surface area contributed by atoms with Crippen molar-refractivity contribution in [3.63, 3.8) is 0 Å². The van der Waals surface area contributed by atoms with Gasteiger partial charge in [0, 0.05) is 6.04 Å². The summed E-state index contributed by atoms with van der Waals surface area (Å²) in [5.74, 6) is 0. The van der Waals surface area contributed by atoms with Crippen molar-refractivity contribution in [2.75, 3.05) is 13.2 Å². The first-order valence-electron chi connectivity index (χ1n) is 6.46. The minimum absolute atomic E-state index is 0.0595. The zero-order valence-corrected chi connectivity index (χ0v) is 11.3. The SMILES string of the molecule is C[C@H]1c2cccc(C(C)(O)CF)c2CCN1[B]C=O. The van der Waals surface area contributed by atoms with E-state index >= 15 is 0 Å². The highest BCUT2D eigenvalue weighted by atomic mass is 19.1.